The molecule has 11 nitrogen and oxygen atoms in total. The zero-order valence-electron chi connectivity index (χ0n) is 13.6. The number of carbonyl (C=O) groups excluding carboxylic acids is 2. The van der Waals surface area contributed by atoms with Gasteiger partial charge in [0, 0.05) is 24.4 Å². The Morgan fingerprint density at radius 3 is 2.58 bits per heavy atom. The molecule has 0 spiro atoms. The summed E-state index contributed by atoms with van der Waals surface area (Å²) in [5.74, 6) is -6.45. The molecule has 2 aliphatic rings. The number of carboxylic acids is 1. The fraction of sp³-hybridized carbons (Fsp3) is 0.462. The van der Waals surface area contributed by atoms with Gasteiger partial charge in [0.05, 0.1) is 6.04 Å². The van der Waals surface area contributed by atoms with E-state index < -0.39 is 40.0 Å². The maximum Gasteiger partial charge on any atom is 0.400 e. The second-order valence-corrected chi connectivity index (χ2v) is 7.74. The Morgan fingerprint density at radius 1 is 1.46 bits per heavy atom. The Kier molecular flexibility index (Phi) is 5.49. The van der Waals surface area contributed by atoms with Gasteiger partial charge in [0.2, 0.25) is 11.8 Å². The smallest absolute Gasteiger partial charge is 0.400 e. The van der Waals surface area contributed by atoms with Gasteiger partial charge in [-0.15, -0.1) is 0 Å². The molecule has 0 aromatic carbocycles. The van der Waals surface area contributed by atoms with Crippen molar-refractivity contribution in [2.45, 2.75) is 32.1 Å². The van der Waals surface area contributed by atoms with E-state index in [1.54, 1.807) is 0 Å². The van der Waals surface area contributed by atoms with Gasteiger partial charge < -0.3 is 20.4 Å². The molecule has 2 amide bonds. The predicted octanol–water partition coefficient (Wildman–Crippen LogP) is -0.618. The summed E-state index contributed by atoms with van der Waals surface area (Å²) >= 11 is 0.957. The van der Waals surface area contributed by atoms with Crippen molar-refractivity contribution in [3.63, 3.8) is 0 Å². The minimum absolute atomic E-state index is 0.0259. The highest BCUT2D eigenvalue weighted by Crippen LogP contribution is 2.49. The summed E-state index contributed by atoms with van der Waals surface area (Å²) in [6.07, 6.45) is 1.32. The van der Waals surface area contributed by atoms with Gasteiger partial charge >= 0.3 is 16.4 Å². The standard InChI is InChI=1S/C13H16N2O9S2/c1-6(16)14-3-4-25-8-5-7-9(13(2,20)24-26(21,22)23)11(17)15(7)10(8)12(18)19/h3-4,7,9,20H,5H2,1-2H3,(H,14,16)(H,18,19)(H,21,22,23)/t7-,9+,13+/m1/s1. The normalized spacial score (nSPS) is 25.1. The molecule has 144 valence electrons. The lowest BCUT2D eigenvalue weighted by molar-refractivity contribution is -0.213. The van der Waals surface area contributed by atoms with E-state index >= 15 is 0 Å². The fourth-order valence-electron chi connectivity index (χ4n) is 2.90. The molecule has 2 rings (SSSR count). The molecule has 0 aromatic rings. The van der Waals surface area contributed by atoms with Crippen LogP contribution < -0.4 is 5.32 Å². The van der Waals surface area contributed by atoms with E-state index in [-0.39, 0.29) is 22.9 Å². The van der Waals surface area contributed by atoms with Crippen LogP contribution >= 0.6 is 11.8 Å². The lowest BCUT2D eigenvalue weighted by atomic mass is 9.81. The van der Waals surface area contributed by atoms with Crippen molar-refractivity contribution < 1.29 is 41.8 Å². The maximum atomic E-state index is 12.3. The summed E-state index contributed by atoms with van der Waals surface area (Å²) in [4.78, 5) is 35.8. The molecule has 4 N–H and O–H groups in total. The zero-order valence-corrected chi connectivity index (χ0v) is 15.2. The third-order valence-electron chi connectivity index (χ3n) is 3.74. The minimum atomic E-state index is -5.03. The fourth-order valence-corrected chi connectivity index (χ4v) is 4.29. The zero-order chi connectivity index (χ0) is 19.9. The Balaban J connectivity index is 2.21. The number of aliphatic carboxylic acids is 1. The summed E-state index contributed by atoms with van der Waals surface area (Å²) < 4.78 is 34.6. The van der Waals surface area contributed by atoms with E-state index in [1.807, 2.05) is 0 Å². The van der Waals surface area contributed by atoms with Crippen molar-refractivity contribution in [1.29, 1.82) is 0 Å². The van der Waals surface area contributed by atoms with Gasteiger partial charge in [0.25, 0.3) is 0 Å². The number of aliphatic hydroxyl groups is 1. The average molecular weight is 408 g/mol. The van der Waals surface area contributed by atoms with E-state index in [0.717, 1.165) is 23.6 Å². The van der Waals surface area contributed by atoms with E-state index in [9.17, 15) is 33.0 Å². The highest BCUT2D eigenvalue weighted by Gasteiger charge is 2.62. The van der Waals surface area contributed by atoms with Crippen LogP contribution in [0.2, 0.25) is 0 Å². The molecule has 0 aliphatic carbocycles. The van der Waals surface area contributed by atoms with Gasteiger partial charge in [-0.1, -0.05) is 11.8 Å². The first-order valence-electron chi connectivity index (χ1n) is 7.14. The van der Waals surface area contributed by atoms with Gasteiger partial charge in [0.15, 0.2) is 5.79 Å². The predicted molar refractivity (Wildman–Crippen MR) is 87.2 cm³/mol. The van der Waals surface area contributed by atoms with E-state index in [1.165, 1.54) is 18.5 Å². The van der Waals surface area contributed by atoms with Gasteiger partial charge in [-0.05, 0) is 12.3 Å². The molecule has 0 aromatic heterocycles. The Bertz CT molecular complexity index is 815. The van der Waals surface area contributed by atoms with E-state index in [2.05, 4.69) is 9.50 Å². The highest BCUT2D eigenvalue weighted by molar-refractivity contribution is 8.05. The minimum Gasteiger partial charge on any atom is -0.477 e. The van der Waals surface area contributed by atoms with Gasteiger partial charge in [-0.2, -0.15) is 8.42 Å². The number of thioether (sulfide) groups is 1. The van der Waals surface area contributed by atoms with Crippen molar-refractivity contribution in [2.75, 3.05) is 0 Å². The summed E-state index contributed by atoms with van der Waals surface area (Å²) in [5.41, 5.74) is -0.295. The van der Waals surface area contributed by atoms with Crippen molar-refractivity contribution in [3.8, 4) is 0 Å². The second kappa shape index (κ2) is 7.00. The Hall–Kier alpha value is -1.93. The summed E-state index contributed by atoms with van der Waals surface area (Å²) in [6.45, 7) is 2.18. The molecule has 1 fully saturated rings. The van der Waals surface area contributed by atoms with Gasteiger partial charge in [0.1, 0.15) is 11.6 Å². The molecule has 0 unspecified atom stereocenters. The first-order valence-corrected chi connectivity index (χ1v) is 9.38. The first-order chi connectivity index (χ1) is 11.8. The van der Waals surface area contributed by atoms with Crippen LogP contribution in [-0.2, 0) is 29.0 Å². The van der Waals surface area contributed by atoms with Crippen molar-refractivity contribution >= 4 is 39.9 Å². The van der Waals surface area contributed by atoms with Crippen LogP contribution in [0.5, 0.6) is 0 Å². The molecule has 1 saturated heterocycles. The third-order valence-corrected chi connectivity index (χ3v) is 5.20. The van der Waals surface area contributed by atoms with Crippen molar-refractivity contribution in [1.82, 2.24) is 10.2 Å². The molecule has 26 heavy (non-hydrogen) atoms. The SMILES string of the molecule is CC(=O)NC=CSC1=C(C(=O)O)N2C(=O)[C@@H]([C@@](C)(O)OS(=O)(=O)O)[C@H]2C1. The second-order valence-electron chi connectivity index (χ2n) is 5.72. The van der Waals surface area contributed by atoms with Gasteiger partial charge in [-0.3, -0.25) is 14.1 Å². The van der Waals surface area contributed by atoms with Gasteiger partial charge in [-0.25, -0.2) is 8.98 Å². The number of carbonyl (C=O) groups is 3. The molecule has 2 aliphatic heterocycles. The number of β-lactam (4-membered cyclic amide) rings is 1. The number of nitrogens with one attached hydrogen (secondary N) is 1. The van der Waals surface area contributed by atoms with Crippen LogP contribution in [0.15, 0.2) is 22.2 Å². The molecule has 3 atom stereocenters. The molecular weight excluding hydrogens is 392 g/mol. The number of carboxylic acid groups (broad SMARTS) is 1. The number of amides is 2. The number of rotatable bonds is 7. The topological polar surface area (TPSA) is 171 Å². The van der Waals surface area contributed by atoms with Crippen LogP contribution in [0, 0.1) is 5.92 Å². The molecule has 0 radical (unpaired) electrons. The van der Waals surface area contributed by atoms with Crippen LogP contribution in [0.1, 0.15) is 20.3 Å². The van der Waals surface area contributed by atoms with E-state index in [4.69, 9.17) is 4.55 Å². The molecule has 0 bridgehead atoms. The van der Waals surface area contributed by atoms with E-state index in [0.29, 0.717) is 0 Å². The molecule has 13 heteroatoms. The molecule has 2 heterocycles. The maximum absolute atomic E-state index is 12.3. The quantitative estimate of drug-likeness (QED) is 0.242. The number of fused-ring (bicyclic) bond motifs is 1. The van der Waals surface area contributed by atoms with Crippen molar-refractivity contribution in [3.05, 3.63) is 22.2 Å². The summed E-state index contributed by atoms with van der Waals surface area (Å²) in [6, 6.07) is -0.845. The van der Waals surface area contributed by atoms with Crippen LogP contribution in [-0.4, -0.2) is 57.7 Å². The lowest BCUT2D eigenvalue weighted by Crippen LogP contribution is -2.66. The largest absolute Gasteiger partial charge is 0.477 e. The van der Waals surface area contributed by atoms with Crippen LogP contribution in [0.25, 0.3) is 0 Å². The number of hydrogen-bond acceptors (Lipinski definition) is 8. The number of hydrogen-bond donors (Lipinski definition) is 4. The first kappa shape index (κ1) is 20.4. The Morgan fingerprint density at radius 2 is 2.08 bits per heavy atom. The van der Waals surface area contributed by atoms with Crippen LogP contribution in [0.4, 0.5) is 0 Å². The van der Waals surface area contributed by atoms with Crippen LogP contribution in [0.3, 0.4) is 0 Å². The summed E-state index contributed by atoms with van der Waals surface area (Å²) in [7, 11) is -5.03. The molecular formula is C13H16N2O9S2. The Labute approximate surface area is 152 Å². The lowest BCUT2D eigenvalue weighted by Gasteiger charge is -2.48. The summed E-state index contributed by atoms with van der Waals surface area (Å²) in [5, 5.41) is 23.3. The highest BCUT2D eigenvalue weighted by atomic mass is 32.3. The average Bonchev–Trinajstić information content (AvgIpc) is 2.74. The third kappa shape index (κ3) is 4.07. The number of nitrogens with zero attached hydrogens (tertiary/aromatic N) is 1. The monoisotopic (exact) mass is 408 g/mol. The molecule has 0 saturated carbocycles. The van der Waals surface area contributed by atoms with Crippen molar-refractivity contribution in [2.24, 2.45) is 5.92 Å².